The minimum Gasteiger partial charge on any atom is -0.274 e. The summed E-state index contributed by atoms with van der Waals surface area (Å²) in [5.41, 5.74) is 0.204. The molecular weight excluding hydrogens is 150 g/mol. The highest BCUT2D eigenvalue weighted by Crippen LogP contribution is 2.29. The van der Waals surface area contributed by atoms with Gasteiger partial charge >= 0.3 is 0 Å². The number of nitrogens with zero attached hydrogens (tertiary/aromatic N) is 1. The molecule has 0 bridgehead atoms. The summed E-state index contributed by atoms with van der Waals surface area (Å²) in [6, 6.07) is 0. The van der Waals surface area contributed by atoms with Gasteiger partial charge in [-0.3, -0.25) is 9.21 Å². The molecule has 1 heterocycles. The monoisotopic (exact) mass is 161 g/mol. The minimum absolute atomic E-state index is 0.0565. The molecule has 1 fully saturated rings. The zero-order valence-electron chi connectivity index (χ0n) is 6.35. The van der Waals surface area contributed by atoms with Crippen LogP contribution in [0, 0.1) is 5.41 Å². The standard InChI is InChI=1S/C7H12ClNO/c1-7(2)4-3-6(10)9(8)5-7/h3-5H2,1-2H3. The molecule has 0 aromatic carbocycles. The van der Waals surface area contributed by atoms with Crippen LogP contribution in [0.1, 0.15) is 26.7 Å². The van der Waals surface area contributed by atoms with Gasteiger partial charge in [-0.05, 0) is 11.8 Å². The lowest BCUT2D eigenvalue weighted by molar-refractivity contribution is -0.130. The molecule has 0 atom stereocenters. The number of carbonyl (C=O) groups is 1. The molecule has 1 saturated heterocycles. The molecule has 1 amide bonds. The fraction of sp³-hybridized carbons (Fsp3) is 0.857. The number of amides is 1. The highest BCUT2D eigenvalue weighted by atomic mass is 35.5. The van der Waals surface area contributed by atoms with E-state index in [4.69, 9.17) is 11.8 Å². The highest BCUT2D eigenvalue weighted by Gasteiger charge is 2.29. The molecule has 1 aliphatic rings. The van der Waals surface area contributed by atoms with E-state index in [9.17, 15) is 4.79 Å². The molecule has 0 aliphatic carbocycles. The van der Waals surface area contributed by atoms with E-state index in [1.807, 2.05) is 0 Å². The first-order chi connectivity index (χ1) is 4.51. The number of hydrogen-bond donors (Lipinski definition) is 0. The Morgan fingerprint density at radius 2 is 2.20 bits per heavy atom. The summed E-state index contributed by atoms with van der Waals surface area (Å²) >= 11 is 5.64. The van der Waals surface area contributed by atoms with Gasteiger partial charge in [0.2, 0.25) is 5.91 Å². The van der Waals surface area contributed by atoms with Crippen molar-refractivity contribution in [1.82, 2.24) is 4.42 Å². The van der Waals surface area contributed by atoms with Crippen molar-refractivity contribution >= 4 is 17.7 Å². The third kappa shape index (κ3) is 1.63. The second-order valence-electron chi connectivity index (χ2n) is 3.58. The smallest absolute Gasteiger partial charge is 0.236 e. The molecular formula is C7H12ClNO. The number of piperidine rings is 1. The summed E-state index contributed by atoms with van der Waals surface area (Å²) in [7, 11) is 0. The SMILES string of the molecule is CC1(C)CCC(=O)N(Cl)C1. The Labute approximate surface area is 66.3 Å². The quantitative estimate of drug-likeness (QED) is 0.496. The van der Waals surface area contributed by atoms with Gasteiger partial charge in [-0.1, -0.05) is 13.8 Å². The number of rotatable bonds is 0. The van der Waals surface area contributed by atoms with Crippen LogP contribution in [0.5, 0.6) is 0 Å². The van der Waals surface area contributed by atoms with Crippen molar-refractivity contribution in [2.24, 2.45) is 5.41 Å². The predicted molar refractivity (Wildman–Crippen MR) is 40.6 cm³/mol. The van der Waals surface area contributed by atoms with Gasteiger partial charge in [0, 0.05) is 24.7 Å². The molecule has 0 radical (unpaired) electrons. The fourth-order valence-electron chi connectivity index (χ4n) is 1.11. The van der Waals surface area contributed by atoms with Crippen molar-refractivity contribution in [2.45, 2.75) is 26.7 Å². The van der Waals surface area contributed by atoms with Crippen LogP contribution >= 0.6 is 11.8 Å². The summed E-state index contributed by atoms with van der Waals surface area (Å²) < 4.78 is 1.30. The van der Waals surface area contributed by atoms with Crippen molar-refractivity contribution < 1.29 is 4.79 Å². The van der Waals surface area contributed by atoms with Crippen LogP contribution in [0.2, 0.25) is 0 Å². The van der Waals surface area contributed by atoms with Crippen LogP contribution in [0.3, 0.4) is 0 Å². The minimum atomic E-state index is 0.0565. The maximum absolute atomic E-state index is 10.9. The molecule has 0 aromatic heterocycles. The molecule has 1 rings (SSSR count). The Morgan fingerprint density at radius 3 is 2.60 bits per heavy atom. The van der Waals surface area contributed by atoms with Crippen LogP contribution in [0.15, 0.2) is 0 Å². The van der Waals surface area contributed by atoms with E-state index in [0.717, 1.165) is 6.42 Å². The van der Waals surface area contributed by atoms with Crippen LogP contribution in [0.4, 0.5) is 0 Å². The molecule has 58 valence electrons. The summed E-state index contributed by atoms with van der Waals surface area (Å²) in [5, 5.41) is 0. The first-order valence-electron chi connectivity index (χ1n) is 3.47. The van der Waals surface area contributed by atoms with E-state index < -0.39 is 0 Å². The van der Waals surface area contributed by atoms with E-state index in [-0.39, 0.29) is 11.3 Å². The lowest BCUT2D eigenvalue weighted by atomic mass is 9.85. The van der Waals surface area contributed by atoms with Crippen LogP contribution in [0.25, 0.3) is 0 Å². The second-order valence-corrected chi connectivity index (χ2v) is 3.99. The number of halogens is 1. The van der Waals surface area contributed by atoms with E-state index in [1.54, 1.807) is 0 Å². The van der Waals surface area contributed by atoms with Crippen molar-refractivity contribution in [1.29, 1.82) is 0 Å². The Kier molecular flexibility index (Phi) is 1.90. The van der Waals surface area contributed by atoms with Crippen molar-refractivity contribution in [3.63, 3.8) is 0 Å². The fourth-order valence-corrected chi connectivity index (χ4v) is 1.52. The lowest BCUT2D eigenvalue weighted by Gasteiger charge is -2.33. The van der Waals surface area contributed by atoms with Crippen LogP contribution in [-0.4, -0.2) is 16.9 Å². The molecule has 10 heavy (non-hydrogen) atoms. The molecule has 2 nitrogen and oxygen atoms in total. The topological polar surface area (TPSA) is 20.3 Å². The average molecular weight is 162 g/mol. The largest absolute Gasteiger partial charge is 0.274 e. The summed E-state index contributed by atoms with van der Waals surface area (Å²) in [5.74, 6) is 0.0565. The van der Waals surface area contributed by atoms with Gasteiger partial charge in [-0.15, -0.1) is 0 Å². The van der Waals surface area contributed by atoms with Gasteiger partial charge in [-0.25, -0.2) is 0 Å². The van der Waals surface area contributed by atoms with Crippen molar-refractivity contribution in [3.8, 4) is 0 Å². The maximum Gasteiger partial charge on any atom is 0.236 e. The number of carbonyl (C=O) groups excluding carboxylic acids is 1. The maximum atomic E-state index is 10.9. The Morgan fingerprint density at radius 1 is 1.60 bits per heavy atom. The molecule has 0 aromatic rings. The summed E-state index contributed by atoms with van der Waals surface area (Å²) in [6.07, 6.45) is 1.55. The highest BCUT2D eigenvalue weighted by molar-refractivity contribution is 6.21. The van der Waals surface area contributed by atoms with E-state index in [0.29, 0.717) is 13.0 Å². The second kappa shape index (κ2) is 2.42. The summed E-state index contributed by atoms with van der Waals surface area (Å²) in [6.45, 7) is 4.91. The van der Waals surface area contributed by atoms with Crippen LogP contribution < -0.4 is 0 Å². The van der Waals surface area contributed by atoms with Crippen molar-refractivity contribution in [2.75, 3.05) is 6.54 Å². The Balaban J connectivity index is 2.57. The first kappa shape index (κ1) is 7.86. The Bertz CT molecular complexity index is 156. The first-order valence-corrected chi connectivity index (χ1v) is 3.81. The van der Waals surface area contributed by atoms with E-state index >= 15 is 0 Å². The molecule has 0 unspecified atom stereocenters. The zero-order chi connectivity index (χ0) is 7.78. The summed E-state index contributed by atoms with van der Waals surface area (Å²) in [4.78, 5) is 10.9. The van der Waals surface area contributed by atoms with Gasteiger partial charge in [0.25, 0.3) is 0 Å². The van der Waals surface area contributed by atoms with Crippen molar-refractivity contribution in [3.05, 3.63) is 0 Å². The van der Waals surface area contributed by atoms with Gasteiger partial charge in [0.05, 0.1) is 0 Å². The average Bonchev–Trinajstić information content (AvgIpc) is 1.79. The Hall–Kier alpha value is -0.240. The molecule has 0 saturated carbocycles. The number of hydrogen-bond acceptors (Lipinski definition) is 1. The molecule has 0 N–H and O–H groups in total. The van der Waals surface area contributed by atoms with Gasteiger partial charge in [0.15, 0.2) is 0 Å². The molecule has 3 heteroatoms. The third-order valence-electron chi connectivity index (χ3n) is 1.85. The predicted octanol–water partition coefficient (Wildman–Crippen LogP) is 1.79. The molecule has 1 aliphatic heterocycles. The van der Waals surface area contributed by atoms with Gasteiger partial charge in [-0.2, -0.15) is 0 Å². The van der Waals surface area contributed by atoms with E-state index in [1.165, 1.54) is 4.42 Å². The van der Waals surface area contributed by atoms with Gasteiger partial charge < -0.3 is 0 Å². The molecule has 0 spiro atoms. The zero-order valence-corrected chi connectivity index (χ0v) is 7.11. The van der Waals surface area contributed by atoms with E-state index in [2.05, 4.69) is 13.8 Å². The lowest BCUT2D eigenvalue weighted by Crippen LogP contribution is -2.38. The van der Waals surface area contributed by atoms with Gasteiger partial charge in [0.1, 0.15) is 0 Å². The van der Waals surface area contributed by atoms with Crippen LogP contribution in [-0.2, 0) is 4.79 Å². The third-order valence-corrected chi connectivity index (χ3v) is 2.16. The normalized spacial score (nSPS) is 25.1.